The maximum absolute atomic E-state index is 12.8. The van der Waals surface area contributed by atoms with Gasteiger partial charge in [-0.05, 0) is 36.4 Å². The highest BCUT2D eigenvalue weighted by molar-refractivity contribution is 7.12. The minimum absolute atomic E-state index is 0.0579. The van der Waals surface area contributed by atoms with Gasteiger partial charge >= 0.3 is 0 Å². The van der Waals surface area contributed by atoms with Gasteiger partial charge in [-0.15, -0.1) is 11.3 Å². The van der Waals surface area contributed by atoms with E-state index in [1.165, 1.54) is 30.5 Å². The molecular formula is C15H10FN3O3S. The van der Waals surface area contributed by atoms with Crippen molar-refractivity contribution in [2.45, 2.75) is 0 Å². The van der Waals surface area contributed by atoms with E-state index < -0.39 is 5.91 Å². The van der Waals surface area contributed by atoms with E-state index in [0.29, 0.717) is 16.2 Å². The highest BCUT2D eigenvalue weighted by atomic mass is 32.1. The summed E-state index contributed by atoms with van der Waals surface area (Å²) in [5, 5.41) is 16.3. The lowest BCUT2D eigenvalue weighted by molar-refractivity contribution is 0.0946. The fourth-order valence-corrected chi connectivity index (χ4v) is 2.36. The van der Waals surface area contributed by atoms with Crippen molar-refractivity contribution in [3.8, 4) is 17.1 Å². The number of hydrazone groups is 1. The number of nitrogens with one attached hydrogen (secondary N) is 1. The van der Waals surface area contributed by atoms with Crippen molar-refractivity contribution in [3.63, 3.8) is 0 Å². The van der Waals surface area contributed by atoms with Crippen LogP contribution in [0.15, 0.2) is 52.1 Å². The molecule has 3 aromatic rings. The van der Waals surface area contributed by atoms with Gasteiger partial charge in [-0.3, -0.25) is 4.79 Å². The van der Waals surface area contributed by atoms with Crippen LogP contribution in [0.5, 0.6) is 5.75 Å². The molecule has 3 rings (SSSR count). The summed E-state index contributed by atoms with van der Waals surface area (Å²) >= 11 is 0.916. The van der Waals surface area contributed by atoms with Gasteiger partial charge < -0.3 is 9.63 Å². The average Bonchev–Trinajstić information content (AvgIpc) is 3.17. The van der Waals surface area contributed by atoms with Crippen LogP contribution in [-0.2, 0) is 0 Å². The van der Waals surface area contributed by atoms with E-state index in [4.69, 9.17) is 4.52 Å². The van der Waals surface area contributed by atoms with E-state index in [0.717, 1.165) is 11.3 Å². The topological polar surface area (TPSA) is 87.7 Å². The van der Waals surface area contributed by atoms with E-state index >= 15 is 0 Å². The van der Waals surface area contributed by atoms with E-state index in [9.17, 15) is 14.3 Å². The van der Waals surface area contributed by atoms with Crippen LogP contribution in [0.25, 0.3) is 11.3 Å². The Morgan fingerprint density at radius 2 is 2.09 bits per heavy atom. The minimum Gasteiger partial charge on any atom is -0.508 e. The van der Waals surface area contributed by atoms with Crippen LogP contribution in [0.1, 0.15) is 15.4 Å². The van der Waals surface area contributed by atoms with Crippen molar-refractivity contribution in [3.05, 3.63) is 58.2 Å². The molecule has 2 aromatic heterocycles. The lowest BCUT2D eigenvalue weighted by Crippen LogP contribution is -2.17. The fourth-order valence-electron chi connectivity index (χ4n) is 1.75. The van der Waals surface area contributed by atoms with E-state index in [2.05, 4.69) is 15.7 Å². The Bertz CT molecular complexity index is 855. The van der Waals surface area contributed by atoms with Crippen molar-refractivity contribution in [1.29, 1.82) is 0 Å². The SMILES string of the molecule is O=C(N/N=C/c1ccc(F)s1)c1cc(-c2ccc(O)cc2)on1. The number of phenols is 1. The van der Waals surface area contributed by atoms with Crippen LogP contribution in [0.2, 0.25) is 0 Å². The molecule has 8 heteroatoms. The van der Waals surface area contributed by atoms with Gasteiger partial charge in [-0.2, -0.15) is 9.49 Å². The van der Waals surface area contributed by atoms with Crippen LogP contribution in [-0.4, -0.2) is 22.4 Å². The number of carbonyl (C=O) groups excluding carboxylic acids is 1. The van der Waals surface area contributed by atoms with Crippen LogP contribution in [0, 0.1) is 5.13 Å². The lowest BCUT2D eigenvalue weighted by Gasteiger charge is -1.94. The zero-order valence-electron chi connectivity index (χ0n) is 11.6. The number of rotatable bonds is 4. The summed E-state index contributed by atoms with van der Waals surface area (Å²) in [7, 11) is 0. The number of hydrogen-bond acceptors (Lipinski definition) is 6. The van der Waals surface area contributed by atoms with Gasteiger partial charge in [-0.1, -0.05) is 5.16 Å². The molecule has 0 radical (unpaired) electrons. The van der Waals surface area contributed by atoms with Crippen molar-refractivity contribution >= 4 is 23.5 Å². The molecule has 2 N–H and O–H groups in total. The van der Waals surface area contributed by atoms with Crippen LogP contribution in [0.4, 0.5) is 4.39 Å². The number of aromatic nitrogens is 1. The number of halogens is 1. The Morgan fingerprint density at radius 3 is 2.78 bits per heavy atom. The third-order valence-corrected chi connectivity index (χ3v) is 3.65. The number of benzene rings is 1. The first-order valence-electron chi connectivity index (χ1n) is 6.47. The average molecular weight is 331 g/mol. The van der Waals surface area contributed by atoms with Crippen LogP contribution >= 0.6 is 11.3 Å². The molecule has 2 heterocycles. The minimum atomic E-state index is -0.549. The Morgan fingerprint density at radius 1 is 1.30 bits per heavy atom. The van der Waals surface area contributed by atoms with E-state index in [1.807, 2.05) is 0 Å². The summed E-state index contributed by atoms with van der Waals surface area (Å²) < 4.78 is 17.9. The fraction of sp³-hybridized carbons (Fsp3) is 0. The predicted octanol–water partition coefficient (Wildman–Crippen LogP) is 3.01. The van der Waals surface area contributed by atoms with Crippen LogP contribution in [0.3, 0.4) is 0 Å². The quantitative estimate of drug-likeness (QED) is 0.568. The molecular weight excluding hydrogens is 321 g/mol. The van der Waals surface area contributed by atoms with Crippen molar-refractivity contribution in [2.75, 3.05) is 0 Å². The maximum atomic E-state index is 12.8. The predicted molar refractivity (Wildman–Crippen MR) is 82.9 cm³/mol. The molecule has 6 nitrogen and oxygen atoms in total. The number of thiophene rings is 1. The Hall–Kier alpha value is -3.00. The first-order valence-corrected chi connectivity index (χ1v) is 7.28. The van der Waals surface area contributed by atoms with Crippen molar-refractivity contribution < 1.29 is 18.8 Å². The lowest BCUT2D eigenvalue weighted by atomic mass is 10.1. The molecule has 0 aliphatic heterocycles. The maximum Gasteiger partial charge on any atom is 0.293 e. The molecule has 0 fully saturated rings. The molecule has 0 bridgehead atoms. The van der Waals surface area contributed by atoms with Gasteiger partial charge in [-0.25, -0.2) is 5.43 Å². The number of amides is 1. The van der Waals surface area contributed by atoms with E-state index in [1.54, 1.807) is 18.2 Å². The normalized spacial score (nSPS) is 11.0. The molecule has 23 heavy (non-hydrogen) atoms. The second-order valence-electron chi connectivity index (χ2n) is 4.46. The smallest absolute Gasteiger partial charge is 0.293 e. The van der Waals surface area contributed by atoms with Gasteiger partial charge in [0.2, 0.25) is 0 Å². The van der Waals surface area contributed by atoms with Crippen molar-refractivity contribution in [2.24, 2.45) is 5.10 Å². The number of phenolic OH excluding ortho intramolecular Hbond substituents is 1. The molecule has 0 atom stereocenters. The molecule has 0 saturated carbocycles. The Kier molecular flexibility index (Phi) is 4.15. The molecule has 1 amide bonds. The molecule has 0 aliphatic carbocycles. The highest BCUT2D eigenvalue weighted by Gasteiger charge is 2.13. The molecule has 0 aliphatic rings. The first-order chi connectivity index (χ1) is 11.1. The third-order valence-electron chi connectivity index (χ3n) is 2.85. The summed E-state index contributed by atoms with van der Waals surface area (Å²) in [5.41, 5.74) is 3.01. The Labute approximate surface area is 133 Å². The second-order valence-corrected chi connectivity index (χ2v) is 5.53. The first kappa shape index (κ1) is 14.9. The van der Waals surface area contributed by atoms with E-state index in [-0.39, 0.29) is 16.6 Å². The summed E-state index contributed by atoms with van der Waals surface area (Å²) in [5.74, 6) is -0.0305. The van der Waals surface area contributed by atoms with Crippen LogP contribution < -0.4 is 5.43 Å². The molecule has 0 spiro atoms. The van der Waals surface area contributed by atoms with Gasteiger partial charge in [0.15, 0.2) is 16.6 Å². The monoisotopic (exact) mass is 331 g/mol. The third kappa shape index (κ3) is 3.61. The molecule has 116 valence electrons. The standard InChI is InChI=1S/C15H10FN3O3S/c16-14-6-5-11(23-14)8-17-18-15(21)12-7-13(22-19-12)9-1-3-10(20)4-2-9/h1-8,20H,(H,18,21)/b17-8+. The van der Waals surface area contributed by atoms with Crippen molar-refractivity contribution in [1.82, 2.24) is 10.6 Å². The number of nitrogens with zero attached hydrogens (tertiary/aromatic N) is 2. The second kappa shape index (κ2) is 6.41. The molecule has 1 aromatic carbocycles. The summed E-state index contributed by atoms with van der Waals surface area (Å²) in [6, 6.07) is 10.6. The number of aromatic hydroxyl groups is 1. The summed E-state index contributed by atoms with van der Waals surface area (Å²) in [4.78, 5) is 12.5. The molecule has 0 saturated heterocycles. The Balaban J connectivity index is 1.66. The van der Waals surface area contributed by atoms with Gasteiger partial charge in [0.05, 0.1) is 11.1 Å². The number of hydrogen-bond donors (Lipinski definition) is 2. The van der Waals surface area contributed by atoms with Gasteiger partial charge in [0.1, 0.15) is 5.75 Å². The highest BCUT2D eigenvalue weighted by Crippen LogP contribution is 2.22. The zero-order chi connectivity index (χ0) is 16.2. The summed E-state index contributed by atoms with van der Waals surface area (Å²) in [6.07, 6.45) is 1.34. The largest absolute Gasteiger partial charge is 0.508 e. The molecule has 0 unspecified atom stereocenters. The number of carbonyl (C=O) groups is 1. The summed E-state index contributed by atoms with van der Waals surface area (Å²) in [6.45, 7) is 0. The van der Waals surface area contributed by atoms with Gasteiger partial charge in [0.25, 0.3) is 5.91 Å². The van der Waals surface area contributed by atoms with Gasteiger partial charge in [0, 0.05) is 11.6 Å². The zero-order valence-corrected chi connectivity index (χ0v) is 12.4.